The van der Waals surface area contributed by atoms with E-state index in [4.69, 9.17) is 4.74 Å². The highest BCUT2D eigenvalue weighted by Gasteiger charge is 2.30. The van der Waals surface area contributed by atoms with Gasteiger partial charge >= 0.3 is 6.18 Å². The molecule has 2 aromatic carbocycles. The van der Waals surface area contributed by atoms with Gasteiger partial charge in [0.25, 0.3) is 0 Å². The predicted octanol–water partition coefficient (Wildman–Crippen LogP) is 4.66. The van der Waals surface area contributed by atoms with E-state index in [1.165, 1.54) is 16.8 Å². The summed E-state index contributed by atoms with van der Waals surface area (Å²) in [5.74, 6) is 0.520. The molecule has 0 spiro atoms. The number of nitrogens with one attached hydrogen (secondary N) is 1. The molecule has 0 aliphatic heterocycles. The second-order valence-electron chi connectivity index (χ2n) is 7.30. The third-order valence-electron chi connectivity index (χ3n) is 4.79. The van der Waals surface area contributed by atoms with Crippen LogP contribution in [0.4, 0.5) is 13.2 Å². The molecule has 1 atom stereocenters. The van der Waals surface area contributed by atoms with Crippen LogP contribution in [0.5, 0.6) is 5.75 Å². The third kappa shape index (κ3) is 5.88. The van der Waals surface area contributed by atoms with Gasteiger partial charge in [0, 0.05) is 11.6 Å². The highest BCUT2D eigenvalue weighted by Crippen LogP contribution is 2.31. The van der Waals surface area contributed by atoms with E-state index in [9.17, 15) is 21.6 Å². The van der Waals surface area contributed by atoms with Crippen LogP contribution in [0, 0.1) is 0 Å². The highest BCUT2D eigenvalue weighted by atomic mass is 127. The Bertz CT molecular complexity index is 1420. The maximum atomic E-state index is 12.9. The summed E-state index contributed by atoms with van der Waals surface area (Å²) in [6.45, 7) is 0.150. The van der Waals surface area contributed by atoms with Gasteiger partial charge in [-0.05, 0) is 70.6 Å². The summed E-state index contributed by atoms with van der Waals surface area (Å²) in [4.78, 5) is 0. The van der Waals surface area contributed by atoms with Gasteiger partial charge in [0.05, 0.1) is 41.6 Å². The van der Waals surface area contributed by atoms with Crippen molar-refractivity contribution in [2.24, 2.45) is 0 Å². The van der Waals surface area contributed by atoms with Crippen molar-refractivity contribution in [1.29, 1.82) is 0 Å². The van der Waals surface area contributed by atoms with E-state index < -0.39 is 21.8 Å². The molecule has 4 rings (SSSR count). The van der Waals surface area contributed by atoms with Crippen LogP contribution in [0.25, 0.3) is 16.6 Å². The molecule has 180 valence electrons. The van der Waals surface area contributed by atoms with Crippen LogP contribution in [-0.4, -0.2) is 34.0 Å². The Balaban J connectivity index is 1.68. The topological polar surface area (TPSA) is 91.0 Å². The van der Waals surface area contributed by atoms with E-state index in [0.717, 1.165) is 24.1 Å². The minimum absolute atomic E-state index is 0.0899. The van der Waals surface area contributed by atoms with Gasteiger partial charge in [-0.25, -0.2) is 22.3 Å². The van der Waals surface area contributed by atoms with Crippen molar-refractivity contribution in [2.45, 2.75) is 19.3 Å². The Labute approximate surface area is 207 Å². The predicted molar refractivity (Wildman–Crippen MR) is 132 cm³/mol. The molecule has 1 N–H and O–H groups in total. The summed E-state index contributed by atoms with van der Waals surface area (Å²) in [6, 6.07) is 11.6. The maximum absolute atomic E-state index is 12.9. The molecule has 0 saturated carbocycles. The SMILES string of the molecule is CS(=O)(=O)NCc1nn(-c2ccc(C(F)(F)F)cc2)c2ccc(OCc3ccn(PI)n3)cc12. The number of benzene rings is 2. The van der Waals surface area contributed by atoms with Crippen molar-refractivity contribution in [3.05, 3.63) is 71.7 Å². The van der Waals surface area contributed by atoms with E-state index in [-0.39, 0.29) is 13.2 Å². The van der Waals surface area contributed by atoms with Crippen molar-refractivity contribution in [1.82, 2.24) is 24.1 Å². The summed E-state index contributed by atoms with van der Waals surface area (Å²) in [5.41, 5.74) is 1.38. The lowest BCUT2D eigenvalue weighted by molar-refractivity contribution is -0.137. The Hall–Kier alpha value is -2.22. The number of aromatic nitrogens is 4. The number of hydrogen-bond donors (Lipinski definition) is 1. The molecule has 0 radical (unpaired) electrons. The first-order valence-corrected chi connectivity index (χ1v) is 15.7. The molecule has 8 nitrogen and oxygen atoms in total. The molecular weight excluding hydrogens is 605 g/mol. The molecule has 2 aromatic heterocycles. The number of rotatable bonds is 8. The van der Waals surface area contributed by atoms with Gasteiger partial charge < -0.3 is 4.74 Å². The number of alkyl halides is 3. The number of ether oxygens (including phenoxy) is 1. The number of hydrogen-bond acceptors (Lipinski definition) is 5. The normalized spacial score (nSPS) is 12.7. The second-order valence-corrected chi connectivity index (χ2v) is 11.2. The molecule has 14 heteroatoms. The van der Waals surface area contributed by atoms with Crippen LogP contribution in [-0.2, 0) is 29.4 Å². The van der Waals surface area contributed by atoms with Gasteiger partial charge in [-0.2, -0.15) is 23.4 Å². The summed E-state index contributed by atoms with van der Waals surface area (Å²) >= 11 is 2.22. The first kappa shape index (κ1) is 24.9. The van der Waals surface area contributed by atoms with Crippen LogP contribution < -0.4 is 9.46 Å². The Kier molecular flexibility index (Phi) is 7.17. The molecule has 0 bridgehead atoms. The van der Waals surface area contributed by atoms with E-state index in [0.29, 0.717) is 34.4 Å². The van der Waals surface area contributed by atoms with Crippen molar-refractivity contribution in [2.75, 3.05) is 6.26 Å². The molecule has 0 saturated heterocycles. The quantitative estimate of drug-likeness (QED) is 0.228. The molecule has 0 amide bonds. The average Bonchev–Trinajstić information content (AvgIpc) is 3.39. The number of nitrogens with zero attached hydrogens (tertiary/aromatic N) is 4. The standard InChI is InChI=1S/C20H18F3IN5O3PS/c1-34(30,31)25-11-18-17-10-16(32-12-14-8-9-28(26-14)33-24)6-7-19(17)29(27-18)15-4-2-13(3-5-15)20(21,22)23/h2-10,25,33H,11-12H2,1H3. The lowest BCUT2D eigenvalue weighted by Crippen LogP contribution is -2.21. The van der Waals surface area contributed by atoms with E-state index in [1.54, 1.807) is 22.7 Å². The fourth-order valence-corrected chi connectivity index (χ4v) is 4.71. The monoisotopic (exact) mass is 623 g/mol. The molecule has 34 heavy (non-hydrogen) atoms. The third-order valence-corrected chi connectivity index (χ3v) is 7.36. The summed E-state index contributed by atoms with van der Waals surface area (Å²) < 4.78 is 73.6. The van der Waals surface area contributed by atoms with Crippen LogP contribution in [0.3, 0.4) is 0 Å². The molecule has 0 aliphatic rings. The number of fused-ring (bicyclic) bond motifs is 1. The largest absolute Gasteiger partial charge is 0.487 e. The fraction of sp³-hybridized carbons (Fsp3) is 0.200. The van der Waals surface area contributed by atoms with E-state index in [1.807, 2.05) is 12.3 Å². The first-order chi connectivity index (χ1) is 16.0. The zero-order chi connectivity index (χ0) is 24.5. The van der Waals surface area contributed by atoms with Gasteiger partial charge in [0.1, 0.15) is 18.1 Å². The lowest BCUT2D eigenvalue weighted by atomic mass is 10.2. The van der Waals surface area contributed by atoms with Crippen LogP contribution in [0.2, 0.25) is 0 Å². The Morgan fingerprint density at radius 1 is 1.12 bits per heavy atom. The van der Waals surface area contributed by atoms with E-state index >= 15 is 0 Å². The van der Waals surface area contributed by atoms with Gasteiger partial charge in [0.15, 0.2) is 0 Å². The van der Waals surface area contributed by atoms with Crippen molar-refractivity contribution >= 4 is 49.3 Å². The van der Waals surface area contributed by atoms with Crippen LogP contribution in [0.15, 0.2) is 54.7 Å². The molecule has 1 unspecified atom stereocenters. The fourth-order valence-electron chi connectivity index (χ4n) is 3.21. The molecule has 0 fully saturated rings. The van der Waals surface area contributed by atoms with Crippen LogP contribution in [0.1, 0.15) is 17.0 Å². The van der Waals surface area contributed by atoms with Gasteiger partial charge in [-0.15, -0.1) is 0 Å². The number of sulfonamides is 1. The Morgan fingerprint density at radius 3 is 2.47 bits per heavy atom. The molecule has 4 aromatic rings. The summed E-state index contributed by atoms with van der Waals surface area (Å²) in [7, 11) is -3.49. The number of halogens is 4. The summed E-state index contributed by atoms with van der Waals surface area (Å²) in [6.07, 6.45) is -1.08. The highest BCUT2D eigenvalue weighted by molar-refractivity contribution is 14.2. The van der Waals surface area contributed by atoms with Gasteiger partial charge in [0.2, 0.25) is 10.0 Å². The lowest BCUT2D eigenvalue weighted by Gasteiger charge is -2.09. The molecule has 2 heterocycles. The molecule has 0 aliphatic carbocycles. The van der Waals surface area contributed by atoms with Crippen molar-refractivity contribution in [3.8, 4) is 11.4 Å². The minimum atomic E-state index is -4.45. The van der Waals surface area contributed by atoms with Gasteiger partial charge in [-0.1, -0.05) is 0 Å². The average molecular weight is 623 g/mol. The van der Waals surface area contributed by atoms with Crippen molar-refractivity contribution < 1.29 is 26.3 Å². The molecular formula is C20H18F3IN5O3PS. The first-order valence-electron chi connectivity index (χ1n) is 9.71. The van der Waals surface area contributed by atoms with E-state index in [2.05, 4.69) is 37.0 Å². The maximum Gasteiger partial charge on any atom is 0.416 e. The Morgan fingerprint density at radius 2 is 1.85 bits per heavy atom. The minimum Gasteiger partial charge on any atom is -0.487 e. The smallest absolute Gasteiger partial charge is 0.416 e. The van der Waals surface area contributed by atoms with Crippen LogP contribution >= 0.6 is 28.4 Å². The zero-order valence-corrected chi connectivity index (χ0v) is 21.5. The van der Waals surface area contributed by atoms with Crippen molar-refractivity contribution in [3.63, 3.8) is 0 Å². The summed E-state index contributed by atoms with van der Waals surface area (Å²) in [5, 5.41) is 9.44. The second kappa shape index (κ2) is 9.80. The van der Waals surface area contributed by atoms with Gasteiger partial charge in [-0.3, -0.25) is 0 Å². The zero-order valence-electron chi connectivity index (χ0n) is 17.5.